The molecule has 1 aromatic rings. The Kier molecular flexibility index (Phi) is 5.03. The van der Waals surface area contributed by atoms with Crippen molar-refractivity contribution in [2.45, 2.75) is 19.6 Å². The van der Waals surface area contributed by atoms with Crippen LogP contribution in [0.4, 0.5) is 0 Å². The first-order valence-electron chi connectivity index (χ1n) is 6.20. The predicted octanol–water partition coefficient (Wildman–Crippen LogP) is 3.17. The summed E-state index contributed by atoms with van der Waals surface area (Å²) in [5, 5.41) is 0. The van der Waals surface area contributed by atoms with Crippen molar-refractivity contribution in [3.63, 3.8) is 0 Å². The van der Waals surface area contributed by atoms with E-state index in [1.165, 1.54) is 17.3 Å². The highest BCUT2D eigenvalue weighted by atomic mass is 32.2. The van der Waals surface area contributed by atoms with Crippen LogP contribution in [0.3, 0.4) is 0 Å². The number of likely N-dealkylation sites (tertiary alicyclic amines) is 1. The number of rotatable bonds is 3. The van der Waals surface area contributed by atoms with Gasteiger partial charge in [-0.3, -0.25) is 4.90 Å². The summed E-state index contributed by atoms with van der Waals surface area (Å²) in [6.07, 6.45) is 2.21. The van der Waals surface area contributed by atoms with E-state index in [9.17, 15) is 0 Å². The summed E-state index contributed by atoms with van der Waals surface area (Å²) in [5.41, 5.74) is 1.36. The van der Waals surface area contributed by atoms with Crippen molar-refractivity contribution in [2.75, 3.05) is 19.3 Å². The molecule has 0 spiro atoms. The molecule has 2 rings (SSSR count). The van der Waals surface area contributed by atoms with Gasteiger partial charge in [-0.1, -0.05) is 49.0 Å². The third kappa shape index (κ3) is 3.70. The quantitative estimate of drug-likeness (QED) is 0.789. The molecule has 1 aromatic carbocycles. The lowest BCUT2D eigenvalue weighted by atomic mass is 10.1. The molecule has 0 amide bonds. The highest BCUT2D eigenvalue weighted by Gasteiger charge is 2.31. The average Bonchev–Trinajstić information content (AvgIpc) is 2.70. The van der Waals surface area contributed by atoms with Gasteiger partial charge < -0.3 is 4.74 Å². The third-order valence-corrected chi connectivity index (χ3v) is 4.31. The van der Waals surface area contributed by atoms with E-state index < -0.39 is 0 Å². The SMILES string of the molecule is CSC(=S)O[C@H]1CN(Cc2ccccc2)C[C@@H]1C. The second-order valence-corrected chi connectivity index (χ2v) is 6.18. The molecule has 1 aliphatic heterocycles. The molecule has 2 nitrogen and oxygen atoms in total. The van der Waals surface area contributed by atoms with Crippen molar-refractivity contribution < 1.29 is 4.74 Å². The summed E-state index contributed by atoms with van der Waals surface area (Å²) in [6.45, 7) is 5.28. The first-order chi connectivity index (χ1) is 8.69. The summed E-state index contributed by atoms with van der Waals surface area (Å²) in [6, 6.07) is 10.6. The zero-order valence-electron chi connectivity index (χ0n) is 10.8. The Balaban J connectivity index is 1.88. The lowest BCUT2D eigenvalue weighted by Crippen LogP contribution is -2.24. The van der Waals surface area contributed by atoms with E-state index in [1.807, 2.05) is 6.26 Å². The van der Waals surface area contributed by atoms with E-state index in [0.29, 0.717) is 10.3 Å². The van der Waals surface area contributed by atoms with Crippen molar-refractivity contribution in [3.8, 4) is 0 Å². The Morgan fingerprint density at radius 2 is 2.11 bits per heavy atom. The van der Waals surface area contributed by atoms with Crippen molar-refractivity contribution >= 4 is 28.4 Å². The van der Waals surface area contributed by atoms with E-state index in [0.717, 1.165) is 19.6 Å². The highest BCUT2D eigenvalue weighted by molar-refractivity contribution is 8.22. The topological polar surface area (TPSA) is 12.5 Å². The molecular formula is C14H19NOS2. The Labute approximate surface area is 119 Å². The normalized spacial score (nSPS) is 24.1. The van der Waals surface area contributed by atoms with Crippen LogP contribution < -0.4 is 0 Å². The summed E-state index contributed by atoms with van der Waals surface area (Å²) in [4.78, 5) is 2.44. The Bertz CT molecular complexity index is 396. The largest absolute Gasteiger partial charge is 0.474 e. The van der Waals surface area contributed by atoms with Crippen LogP contribution in [0, 0.1) is 5.92 Å². The van der Waals surface area contributed by atoms with Gasteiger partial charge in [-0.25, -0.2) is 0 Å². The van der Waals surface area contributed by atoms with E-state index in [2.05, 4.69) is 42.2 Å². The maximum Gasteiger partial charge on any atom is 0.220 e. The van der Waals surface area contributed by atoms with E-state index >= 15 is 0 Å². The smallest absolute Gasteiger partial charge is 0.220 e. The second kappa shape index (κ2) is 6.55. The van der Waals surface area contributed by atoms with Gasteiger partial charge in [0.15, 0.2) is 0 Å². The summed E-state index contributed by atoms with van der Waals surface area (Å²) in [7, 11) is 0. The zero-order chi connectivity index (χ0) is 13.0. The molecule has 0 radical (unpaired) electrons. The molecule has 18 heavy (non-hydrogen) atoms. The number of thioether (sulfide) groups is 1. The van der Waals surface area contributed by atoms with Crippen molar-refractivity contribution in [1.29, 1.82) is 0 Å². The van der Waals surface area contributed by atoms with Crippen molar-refractivity contribution in [2.24, 2.45) is 5.92 Å². The fourth-order valence-electron chi connectivity index (χ4n) is 2.33. The van der Waals surface area contributed by atoms with Crippen LogP contribution in [0.15, 0.2) is 30.3 Å². The van der Waals surface area contributed by atoms with E-state index in [4.69, 9.17) is 17.0 Å². The number of hydrogen-bond donors (Lipinski definition) is 0. The van der Waals surface area contributed by atoms with Gasteiger partial charge in [0.1, 0.15) is 6.10 Å². The van der Waals surface area contributed by atoms with E-state index in [-0.39, 0.29) is 6.10 Å². The summed E-state index contributed by atoms with van der Waals surface area (Å²) in [5.74, 6) is 0.541. The fraction of sp³-hybridized carbons (Fsp3) is 0.500. The van der Waals surface area contributed by atoms with Crippen LogP contribution in [0.25, 0.3) is 0 Å². The lowest BCUT2D eigenvalue weighted by molar-refractivity contribution is 0.171. The molecule has 0 saturated carbocycles. The van der Waals surface area contributed by atoms with Gasteiger partial charge in [-0.05, 0) is 24.0 Å². The van der Waals surface area contributed by atoms with Crippen molar-refractivity contribution in [1.82, 2.24) is 4.90 Å². The van der Waals surface area contributed by atoms with Crippen LogP contribution in [-0.2, 0) is 11.3 Å². The number of nitrogens with zero attached hydrogens (tertiary/aromatic N) is 1. The van der Waals surface area contributed by atoms with Crippen LogP contribution in [0.2, 0.25) is 0 Å². The van der Waals surface area contributed by atoms with Crippen LogP contribution in [0.5, 0.6) is 0 Å². The number of ether oxygens (including phenoxy) is 1. The van der Waals surface area contributed by atoms with Gasteiger partial charge in [0, 0.05) is 25.6 Å². The van der Waals surface area contributed by atoms with Crippen molar-refractivity contribution in [3.05, 3.63) is 35.9 Å². The molecule has 0 unspecified atom stereocenters. The van der Waals surface area contributed by atoms with Crippen LogP contribution in [-0.4, -0.2) is 34.7 Å². The Morgan fingerprint density at radius 3 is 2.78 bits per heavy atom. The summed E-state index contributed by atoms with van der Waals surface area (Å²) < 4.78 is 6.45. The molecule has 0 aromatic heterocycles. The maximum absolute atomic E-state index is 5.79. The van der Waals surface area contributed by atoms with Gasteiger partial charge in [0.2, 0.25) is 4.38 Å². The van der Waals surface area contributed by atoms with Gasteiger partial charge in [-0.2, -0.15) is 0 Å². The highest BCUT2D eigenvalue weighted by Crippen LogP contribution is 2.23. The maximum atomic E-state index is 5.79. The molecule has 0 bridgehead atoms. The van der Waals surface area contributed by atoms with Gasteiger partial charge >= 0.3 is 0 Å². The number of thiocarbonyl (C=S) groups is 1. The molecular weight excluding hydrogens is 262 g/mol. The molecule has 1 fully saturated rings. The number of benzene rings is 1. The lowest BCUT2D eigenvalue weighted by Gasteiger charge is -2.17. The number of hydrogen-bond acceptors (Lipinski definition) is 4. The zero-order valence-corrected chi connectivity index (χ0v) is 12.5. The van der Waals surface area contributed by atoms with Crippen LogP contribution in [0.1, 0.15) is 12.5 Å². The molecule has 1 saturated heterocycles. The Morgan fingerprint density at radius 1 is 1.39 bits per heavy atom. The minimum Gasteiger partial charge on any atom is -0.474 e. The molecule has 0 N–H and O–H groups in total. The summed E-state index contributed by atoms with van der Waals surface area (Å²) >= 11 is 6.65. The van der Waals surface area contributed by atoms with E-state index in [1.54, 1.807) is 0 Å². The van der Waals surface area contributed by atoms with Gasteiger partial charge in [0.25, 0.3) is 0 Å². The first-order valence-corrected chi connectivity index (χ1v) is 7.83. The molecule has 0 aliphatic carbocycles. The third-order valence-electron chi connectivity index (χ3n) is 3.28. The predicted molar refractivity (Wildman–Crippen MR) is 81.9 cm³/mol. The fourth-order valence-corrected chi connectivity index (χ4v) is 2.67. The molecule has 2 atom stereocenters. The van der Waals surface area contributed by atoms with Gasteiger partial charge in [0.05, 0.1) is 0 Å². The first kappa shape index (κ1) is 13.8. The molecule has 1 heterocycles. The standard InChI is InChI=1S/C14H19NOS2/c1-11-8-15(9-12-6-4-3-5-7-12)10-13(11)16-14(17)18-2/h3-7,11,13H,8-10H2,1-2H3/t11-,13-/m0/s1. The Hall–Kier alpha value is -0.580. The molecule has 4 heteroatoms. The minimum atomic E-state index is 0.244. The average molecular weight is 281 g/mol. The molecule has 1 aliphatic rings. The monoisotopic (exact) mass is 281 g/mol. The van der Waals surface area contributed by atoms with Gasteiger partial charge in [-0.15, -0.1) is 0 Å². The van der Waals surface area contributed by atoms with Crippen LogP contribution >= 0.6 is 24.0 Å². The molecule has 98 valence electrons. The second-order valence-electron chi connectivity index (χ2n) is 4.77. The minimum absolute atomic E-state index is 0.244.